The van der Waals surface area contributed by atoms with Crippen LogP contribution >= 0.6 is 24.8 Å². The van der Waals surface area contributed by atoms with Crippen LogP contribution in [0.15, 0.2) is 18.3 Å². The number of amides is 2. The monoisotopic (exact) mass is 402 g/mol. The number of nitrogens with zero attached hydrogens (tertiary/aromatic N) is 2. The number of nitrogens with one attached hydrogen (secondary N) is 2. The summed E-state index contributed by atoms with van der Waals surface area (Å²) in [6.07, 6.45) is 3.43. The van der Waals surface area contributed by atoms with Gasteiger partial charge in [0.15, 0.2) is 0 Å². The lowest BCUT2D eigenvalue weighted by atomic mass is 9.87. The highest BCUT2D eigenvalue weighted by Gasteiger charge is 2.35. The van der Waals surface area contributed by atoms with Gasteiger partial charge in [0.25, 0.3) is 0 Å². The summed E-state index contributed by atoms with van der Waals surface area (Å²) >= 11 is 0. The van der Waals surface area contributed by atoms with E-state index in [1.165, 1.54) is 0 Å². The molecule has 2 aliphatic heterocycles. The second kappa shape index (κ2) is 10.1. The highest BCUT2D eigenvalue weighted by molar-refractivity contribution is 5.92. The third kappa shape index (κ3) is 5.32. The second-order valence-corrected chi connectivity index (χ2v) is 7.04. The van der Waals surface area contributed by atoms with Crippen molar-refractivity contribution in [3.63, 3.8) is 0 Å². The Morgan fingerprint density at radius 1 is 1.31 bits per heavy atom. The molecule has 0 aromatic carbocycles. The van der Waals surface area contributed by atoms with Crippen LogP contribution in [0.4, 0.5) is 5.82 Å². The summed E-state index contributed by atoms with van der Waals surface area (Å²) in [7, 11) is 0. The zero-order valence-electron chi connectivity index (χ0n) is 15.2. The van der Waals surface area contributed by atoms with E-state index in [-0.39, 0.29) is 48.5 Å². The molecular formula is C18H28Cl2N4O2. The number of pyridine rings is 1. The van der Waals surface area contributed by atoms with Crippen molar-refractivity contribution in [2.24, 2.45) is 17.8 Å². The predicted octanol–water partition coefficient (Wildman–Crippen LogP) is 2.27. The maximum absolute atomic E-state index is 12.7. The molecule has 2 aliphatic rings. The van der Waals surface area contributed by atoms with Crippen molar-refractivity contribution in [3.8, 4) is 0 Å². The van der Waals surface area contributed by atoms with Crippen molar-refractivity contribution in [1.82, 2.24) is 15.2 Å². The Morgan fingerprint density at radius 2 is 2.04 bits per heavy atom. The lowest BCUT2D eigenvalue weighted by molar-refractivity contribution is -0.140. The summed E-state index contributed by atoms with van der Waals surface area (Å²) in [6.45, 7) is 7.08. The van der Waals surface area contributed by atoms with E-state index in [0.717, 1.165) is 38.0 Å². The number of aromatic nitrogens is 1. The first kappa shape index (κ1) is 22.7. The van der Waals surface area contributed by atoms with E-state index in [1.807, 2.05) is 30.9 Å². The van der Waals surface area contributed by atoms with Gasteiger partial charge in [-0.25, -0.2) is 4.98 Å². The van der Waals surface area contributed by atoms with Gasteiger partial charge in [-0.2, -0.15) is 0 Å². The Morgan fingerprint density at radius 3 is 2.62 bits per heavy atom. The molecule has 2 fully saturated rings. The maximum atomic E-state index is 12.7. The van der Waals surface area contributed by atoms with Crippen LogP contribution in [-0.2, 0) is 9.59 Å². The number of piperidine rings is 1. The minimum Gasteiger partial charge on any atom is -0.342 e. The molecule has 2 saturated heterocycles. The molecule has 0 aliphatic carbocycles. The summed E-state index contributed by atoms with van der Waals surface area (Å²) in [4.78, 5) is 31.2. The zero-order valence-corrected chi connectivity index (χ0v) is 16.9. The van der Waals surface area contributed by atoms with Crippen molar-refractivity contribution < 1.29 is 9.59 Å². The first-order valence-corrected chi connectivity index (χ1v) is 8.77. The van der Waals surface area contributed by atoms with Crippen LogP contribution in [0.3, 0.4) is 0 Å². The number of rotatable bonds is 4. The topological polar surface area (TPSA) is 74.3 Å². The largest absolute Gasteiger partial charge is 0.342 e. The number of carbonyl (C=O) groups excluding carboxylic acids is 2. The minimum absolute atomic E-state index is 0. The third-order valence-electron chi connectivity index (χ3n) is 5.18. The molecule has 2 atom stereocenters. The van der Waals surface area contributed by atoms with Gasteiger partial charge in [-0.1, -0.05) is 13.0 Å². The van der Waals surface area contributed by atoms with Crippen LogP contribution in [0.25, 0.3) is 0 Å². The zero-order chi connectivity index (χ0) is 17.1. The number of aryl methyl sites for hydroxylation is 1. The summed E-state index contributed by atoms with van der Waals surface area (Å²) < 4.78 is 0. The highest BCUT2D eigenvalue weighted by atomic mass is 35.5. The Labute approximate surface area is 167 Å². The van der Waals surface area contributed by atoms with E-state index >= 15 is 0 Å². The van der Waals surface area contributed by atoms with Gasteiger partial charge in [-0.3, -0.25) is 9.59 Å². The van der Waals surface area contributed by atoms with Gasteiger partial charge in [0.05, 0.1) is 5.92 Å². The van der Waals surface area contributed by atoms with Crippen LogP contribution in [0.5, 0.6) is 0 Å². The number of hydrogen-bond donors (Lipinski definition) is 2. The quantitative estimate of drug-likeness (QED) is 0.809. The van der Waals surface area contributed by atoms with Gasteiger partial charge in [0.2, 0.25) is 11.8 Å². The molecule has 3 heterocycles. The minimum atomic E-state index is -0.155. The molecule has 0 radical (unpaired) electrons. The summed E-state index contributed by atoms with van der Waals surface area (Å²) in [6, 6.07) is 3.73. The average Bonchev–Trinajstić information content (AvgIpc) is 2.54. The van der Waals surface area contributed by atoms with Crippen LogP contribution in [0, 0.1) is 24.7 Å². The molecule has 6 nitrogen and oxygen atoms in total. The lowest BCUT2D eigenvalue weighted by Crippen LogP contribution is -2.52. The fraction of sp³-hybridized carbons (Fsp3) is 0.611. The van der Waals surface area contributed by atoms with Crippen molar-refractivity contribution in [2.45, 2.75) is 26.7 Å². The third-order valence-corrected chi connectivity index (χ3v) is 5.18. The number of carbonyl (C=O) groups is 2. The molecule has 8 heteroatoms. The molecule has 0 saturated carbocycles. The Hall–Kier alpha value is -1.37. The van der Waals surface area contributed by atoms with E-state index in [4.69, 9.17) is 0 Å². The lowest BCUT2D eigenvalue weighted by Gasteiger charge is -2.38. The van der Waals surface area contributed by atoms with Gasteiger partial charge in [0, 0.05) is 25.2 Å². The molecule has 1 aromatic heterocycles. The molecule has 146 valence electrons. The first-order valence-electron chi connectivity index (χ1n) is 8.77. The molecule has 1 aromatic rings. The van der Waals surface area contributed by atoms with E-state index in [1.54, 1.807) is 6.20 Å². The van der Waals surface area contributed by atoms with Crippen LogP contribution in [0.2, 0.25) is 0 Å². The number of hydrogen-bond acceptors (Lipinski definition) is 4. The van der Waals surface area contributed by atoms with Gasteiger partial charge in [0.1, 0.15) is 5.82 Å². The maximum Gasteiger partial charge on any atom is 0.230 e. The highest BCUT2D eigenvalue weighted by Crippen LogP contribution is 2.23. The number of anilines is 1. The molecule has 26 heavy (non-hydrogen) atoms. The van der Waals surface area contributed by atoms with Crippen LogP contribution in [-0.4, -0.2) is 47.9 Å². The smallest absolute Gasteiger partial charge is 0.230 e. The predicted molar refractivity (Wildman–Crippen MR) is 107 cm³/mol. The molecule has 2 amide bonds. The van der Waals surface area contributed by atoms with E-state index in [0.29, 0.717) is 18.3 Å². The van der Waals surface area contributed by atoms with Gasteiger partial charge in [-0.15, -0.1) is 24.8 Å². The summed E-state index contributed by atoms with van der Waals surface area (Å²) in [5, 5.41) is 6.09. The van der Waals surface area contributed by atoms with Gasteiger partial charge in [-0.05, 0) is 50.4 Å². The fourth-order valence-corrected chi connectivity index (χ4v) is 3.32. The Balaban J connectivity index is 0.00000169. The molecule has 3 rings (SSSR count). The van der Waals surface area contributed by atoms with Crippen molar-refractivity contribution in [3.05, 3.63) is 23.9 Å². The summed E-state index contributed by atoms with van der Waals surface area (Å²) in [5.74, 6) is 1.03. The normalized spacial score (nSPS) is 20.8. The standard InChI is InChI=1S/C18H26N4O2.2ClH/c1-12-5-6-16(20-8-12)21-17(23)14-4-3-7-22(11-14)18(24)13(2)15-9-19-10-15;;/h5-6,8,13-15,19H,3-4,7,9-11H2,1-2H3,(H,20,21,23);2*1H. The van der Waals surface area contributed by atoms with E-state index < -0.39 is 0 Å². The van der Waals surface area contributed by atoms with Crippen molar-refractivity contribution in [2.75, 3.05) is 31.5 Å². The molecule has 0 spiro atoms. The van der Waals surface area contributed by atoms with Gasteiger partial charge >= 0.3 is 0 Å². The SMILES string of the molecule is Cc1ccc(NC(=O)C2CCCN(C(=O)C(C)C3CNC3)C2)nc1.Cl.Cl. The number of halogens is 2. The molecule has 0 bridgehead atoms. The Bertz CT molecular complexity index is 608. The Kier molecular flexibility index (Phi) is 8.80. The number of likely N-dealkylation sites (tertiary alicyclic amines) is 1. The van der Waals surface area contributed by atoms with E-state index in [2.05, 4.69) is 15.6 Å². The molecule has 2 N–H and O–H groups in total. The van der Waals surface area contributed by atoms with Crippen LogP contribution in [0.1, 0.15) is 25.3 Å². The first-order chi connectivity index (χ1) is 11.5. The summed E-state index contributed by atoms with van der Waals surface area (Å²) in [5.41, 5.74) is 1.06. The van der Waals surface area contributed by atoms with Crippen molar-refractivity contribution in [1.29, 1.82) is 0 Å². The van der Waals surface area contributed by atoms with Gasteiger partial charge < -0.3 is 15.5 Å². The van der Waals surface area contributed by atoms with E-state index in [9.17, 15) is 9.59 Å². The second-order valence-electron chi connectivity index (χ2n) is 7.04. The average molecular weight is 403 g/mol. The van der Waals surface area contributed by atoms with Crippen molar-refractivity contribution >= 4 is 42.4 Å². The van der Waals surface area contributed by atoms with Crippen LogP contribution < -0.4 is 10.6 Å². The fourth-order valence-electron chi connectivity index (χ4n) is 3.32. The molecular weight excluding hydrogens is 375 g/mol. The molecule has 2 unspecified atom stereocenters.